The zero-order valence-corrected chi connectivity index (χ0v) is 26.4. The van der Waals surface area contributed by atoms with Crippen molar-refractivity contribution in [2.45, 2.75) is 134 Å². The smallest absolute Gasteiger partial charge is 0.462 e. The summed E-state index contributed by atoms with van der Waals surface area (Å²) in [6.07, 6.45) is -5.81. The second-order valence-corrected chi connectivity index (χ2v) is 13.1. The molecule has 0 aromatic heterocycles. The van der Waals surface area contributed by atoms with E-state index in [9.17, 15) is 44.0 Å². The minimum atomic E-state index is -5.34. The van der Waals surface area contributed by atoms with Gasteiger partial charge in [0.1, 0.15) is 43.2 Å². The van der Waals surface area contributed by atoms with E-state index in [1.807, 2.05) is 6.92 Å². The van der Waals surface area contributed by atoms with Crippen molar-refractivity contribution in [3.8, 4) is 0 Å². The largest absolute Gasteiger partial charge is 0.472 e. The fourth-order valence-electron chi connectivity index (χ4n) is 4.32. The summed E-state index contributed by atoms with van der Waals surface area (Å²) in [6, 6.07) is 0. The Morgan fingerprint density at radius 1 is 0.651 bits per heavy atom. The molecule has 0 bridgehead atoms. The van der Waals surface area contributed by atoms with Crippen molar-refractivity contribution in [3.63, 3.8) is 0 Å². The number of unbranched alkanes of at least 4 members (excludes halogenated alkanes) is 8. The molecule has 8 atom stereocenters. The second kappa shape index (κ2) is 20.2. The second-order valence-electron chi connectivity index (χ2n) is 10.5. The van der Waals surface area contributed by atoms with E-state index in [-0.39, 0.29) is 12.8 Å². The maximum absolute atomic E-state index is 12.7. The Balaban J connectivity index is 2.84. The van der Waals surface area contributed by atoms with Crippen LogP contribution >= 0.6 is 15.6 Å². The van der Waals surface area contributed by atoms with E-state index in [1.165, 1.54) is 0 Å². The van der Waals surface area contributed by atoms with Gasteiger partial charge in [-0.25, -0.2) is 9.13 Å². The highest BCUT2D eigenvalue weighted by Crippen LogP contribution is 2.48. The third kappa shape index (κ3) is 16.2. The monoisotopic (exact) mass is 666 g/mol. The highest BCUT2D eigenvalue weighted by Gasteiger charge is 2.54. The van der Waals surface area contributed by atoms with Gasteiger partial charge in [-0.15, -0.1) is 0 Å². The Morgan fingerprint density at radius 3 is 1.65 bits per heavy atom. The molecule has 1 saturated carbocycles. The van der Waals surface area contributed by atoms with Crippen LogP contribution in [-0.4, -0.2) is 103 Å². The fraction of sp³-hybridized carbons (Fsp3) is 0.920. The van der Waals surface area contributed by atoms with Crippen LogP contribution in [0.15, 0.2) is 0 Å². The zero-order valence-electron chi connectivity index (χ0n) is 24.6. The number of esters is 2. The molecule has 1 fully saturated rings. The lowest BCUT2D eigenvalue weighted by Crippen LogP contribution is -2.64. The zero-order chi connectivity index (χ0) is 32.6. The summed E-state index contributed by atoms with van der Waals surface area (Å²) >= 11 is 0. The molecule has 254 valence electrons. The highest BCUT2D eigenvalue weighted by atomic mass is 31.2. The number of rotatable bonds is 22. The summed E-state index contributed by atoms with van der Waals surface area (Å²) in [5.74, 6) is -1.24. The van der Waals surface area contributed by atoms with Crippen molar-refractivity contribution >= 4 is 27.6 Å². The van der Waals surface area contributed by atoms with Crippen LogP contribution in [-0.2, 0) is 41.8 Å². The first kappa shape index (κ1) is 40.0. The average Bonchev–Trinajstić information content (AvgIpc) is 2.93. The lowest BCUT2D eigenvalue weighted by atomic mass is 9.85. The molecule has 0 aromatic carbocycles. The van der Waals surface area contributed by atoms with E-state index in [4.69, 9.17) is 28.3 Å². The molecule has 0 radical (unpaired) electrons. The van der Waals surface area contributed by atoms with E-state index in [0.29, 0.717) is 12.8 Å². The van der Waals surface area contributed by atoms with Gasteiger partial charge < -0.3 is 44.6 Å². The quantitative estimate of drug-likeness (QED) is 0.0492. The van der Waals surface area contributed by atoms with Gasteiger partial charge in [0.25, 0.3) is 0 Å². The van der Waals surface area contributed by atoms with Gasteiger partial charge in [-0.05, 0) is 12.8 Å². The molecule has 43 heavy (non-hydrogen) atoms. The molecule has 18 heteroatoms. The van der Waals surface area contributed by atoms with Crippen molar-refractivity contribution in [1.29, 1.82) is 0 Å². The van der Waals surface area contributed by atoms with E-state index in [2.05, 4.69) is 11.4 Å². The first-order chi connectivity index (χ1) is 20.1. The molecule has 0 aliphatic heterocycles. The van der Waals surface area contributed by atoms with Crippen LogP contribution in [0.3, 0.4) is 0 Å². The van der Waals surface area contributed by atoms with Gasteiger partial charge >= 0.3 is 27.6 Å². The number of hydrogen-bond donors (Lipinski definition) is 7. The molecule has 0 spiro atoms. The molecule has 3 unspecified atom stereocenters. The molecule has 0 saturated heterocycles. The van der Waals surface area contributed by atoms with Crippen molar-refractivity contribution < 1.29 is 76.9 Å². The van der Waals surface area contributed by atoms with Crippen molar-refractivity contribution in [3.05, 3.63) is 0 Å². The van der Waals surface area contributed by atoms with Crippen LogP contribution < -0.4 is 0 Å². The van der Waals surface area contributed by atoms with Gasteiger partial charge in [-0.2, -0.15) is 0 Å². The number of ether oxygens (including phenoxy) is 2. The van der Waals surface area contributed by atoms with Crippen molar-refractivity contribution in [1.82, 2.24) is 0 Å². The molecular weight excluding hydrogens is 618 g/mol. The molecule has 7 N–H and O–H groups in total. The van der Waals surface area contributed by atoms with E-state index in [0.717, 1.165) is 51.4 Å². The highest BCUT2D eigenvalue weighted by molar-refractivity contribution is 7.47. The van der Waals surface area contributed by atoms with Crippen molar-refractivity contribution in [2.24, 2.45) is 0 Å². The summed E-state index contributed by atoms with van der Waals surface area (Å²) in [5.41, 5.74) is 0. The van der Waals surface area contributed by atoms with Crippen LogP contribution in [0.1, 0.15) is 90.9 Å². The Morgan fingerprint density at radius 2 is 1.14 bits per heavy atom. The molecule has 1 aliphatic rings. The normalized spacial score (nSPS) is 26.4. The third-order valence-electron chi connectivity index (χ3n) is 6.68. The summed E-state index contributed by atoms with van der Waals surface area (Å²) in [7, 11) is -10.6. The van der Waals surface area contributed by atoms with E-state index < -0.39 is 83.5 Å². The van der Waals surface area contributed by atoms with Gasteiger partial charge in [0, 0.05) is 12.8 Å². The van der Waals surface area contributed by atoms with Crippen LogP contribution in [0.4, 0.5) is 0 Å². The maximum Gasteiger partial charge on any atom is 0.472 e. The molecular formula is C25H48O16P2. The number of hydrogen-bond acceptors (Lipinski definition) is 13. The summed E-state index contributed by atoms with van der Waals surface area (Å²) in [6.45, 7) is 2.77. The molecule has 0 amide bonds. The molecule has 16 nitrogen and oxygen atoms in total. The van der Waals surface area contributed by atoms with Gasteiger partial charge in [0.05, 0.1) is 6.61 Å². The number of carbonyl (C=O) groups excluding carboxylic acids is 2. The summed E-state index contributed by atoms with van der Waals surface area (Å²) in [4.78, 5) is 52.8. The van der Waals surface area contributed by atoms with Gasteiger partial charge in [0.2, 0.25) is 0 Å². The number of carbonyl (C=O) groups is 2. The molecule has 1 rings (SSSR count). The predicted molar refractivity (Wildman–Crippen MR) is 149 cm³/mol. The Kier molecular flexibility index (Phi) is 18.8. The van der Waals surface area contributed by atoms with E-state index in [1.54, 1.807) is 0 Å². The predicted octanol–water partition coefficient (Wildman–Crippen LogP) is 1.60. The standard InChI is InChI=1S/C25H48O16P2/c1-3-5-7-9-11-13-18(26)37-15-17(39-19(27)14-12-10-8-6-4-2)16-38-43(35,36)41-25-22(30)20(28)21(29)24(23(25)31)40-42(32,33)34/h17,20-25,28-31H,3-16H2,1-2H3,(H,35,36)(H2,32,33,34)/t17-,20?,21-,22-,23?,24+,25-/m1/s1. The number of phosphoric ester groups is 2. The minimum Gasteiger partial charge on any atom is -0.462 e. The fourth-order valence-corrected chi connectivity index (χ4v) is 5.86. The van der Waals surface area contributed by atoms with Crippen LogP contribution in [0.2, 0.25) is 0 Å². The lowest BCUT2D eigenvalue weighted by Gasteiger charge is -2.43. The first-order valence-corrected chi connectivity index (χ1v) is 17.6. The Hall–Kier alpha value is -1.00. The molecule has 1 aliphatic carbocycles. The summed E-state index contributed by atoms with van der Waals surface area (Å²) in [5, 5.41) is 40.6. The Bertz CT molecular complexity index is 914. The number of aliphatic hydroxyl groups is 4. The van der Waals surface area contributed by atoms with Crippen molar-refractivity contribution in [2.75, 3.05) is 13.2 Å². The number of phosphoric acid groups is 2. The molecule has 0 aromatic rings. The third-order valence-corrected chi connectivity index (χ3v) is 8.18. The van der Waals surface area contributed by atoms with Crippen LogP contribution in [0.5, 0.6) is 0 Å². The Labute approximate surface area is 251 Å². The number of aliphatic hydroxyl groups excluding tert-OH is 4. The molecule has 0 heterocycles. The van der Waals surface area contributed by atoms with Gasteiger partial charge in [0.15, 0.2) is 6.10 Å². The van der Waals surface area contributed by atoms with Gasteiger partial charge in [-0.1, -0.05) is 65.2 Å². The van der Waals surface area contributed by atoms with E-state index >= 15 is 0 Å². The van der Waals surface area contributed by atoms with Gasteiger partial charge in [-0.3, -0.25) is 23.2 Å². The average molecular weight is 667 g/mol. The maximum atomic E-state index is 12.7. The van der Waals surface area contributed by atoms with Crippen LogP contribution in [0.25, 0.3) is 0 Å². The first-order valence-electron chi connectivity index (χ1n) is 14.6. The topological polar surface area (TPSA) is 256 Å². The lowest BCUT2D eigenvalue weighted by molar-refractivity contribution is -0.216. The minimum absolute atomic E-state index is 0.0422. The van der Waals surface area contributed by atoms with Crippen LogP contribution in [0, 0.1) is 0 Å². The summed E-state index contributed by atoms with van der Waals surface area (Å²) < 4.78 is 48.3. The SMILES string of the molecule is CCCCCCCC(=O)OC[C@H](COP(=O)(O)O[C@H]1C(O)[C@@H](OP(=O)(O)O)[C@H](O)C(O)[C@H]1O)OC(=O)CCCCCCC.